The standard InChI is InChI=1S/C19H18ClN3O4/c1-11(24)18(12(2)25)23-22-16-9-14(20)15(10-17(16)27-3)21-19(26)13-7-5-4-6-8-13/h4-10,24H,1-3H3,(H,21,26)/b18-11-,23-22?. The van der Waals surface area contributed by atoms with Crippen molar-refractivity contribution in [3.63, 3.8) is 0 Å². The van der Waals surface area contributed by atoms with Crippen LogP contribution in [0.5, 0.6) is 5.75 Å². The van der Waals surface area contributed by atoms with E-state index in [1.165, 1.54) is 33.1 Å². The number of ketones is 1. The minimum atomic E-state index is -0.435. The number of hydrogen-bond donors (Lipinski definition) is 2. The van der Waals surface area contributed by atoms with Crippen molar-refractivity contribution < 1.29 is 19.4 Å². The molecule has 27 heavy (non-hydrogen) atoms. The highest BCUT2D eigenvalue weighted by molar-refractivity contribution is 6.34. The second-order valence-corrected chi connectivity index (χ2v) is 5.92. The van der Waals surface area contributed by atoms with Gasteiger partial charge in [0.15, 0.2) is 11.5 Å². The largest absolute Gasteiger partial charge is 0.510 e. The van der Waals surface area contributed by atoms with Crippen molar-refractivity contribution in [2.24, 2.45) is 10.2 Å². The number of anilines is 1. The Morgan fingerprint density at radius 1 is 1.15 bits per heavy atom. The zero-order valence-electron chi connectivity index (χ0n) is 15.0. The van der Waals surface area contributed by atoms with Crippen molar-refractivity contribution in [3.05, 3.63) is 64.5 Å². The number of Topliss-reactive ketones (excluding diaryl/α,β-unsaturated/α-hetero) is 1. The number of carbonyl (C=O) groups is 2. The first-order valence-corrected chi connectivity index (χ1v) is 8.27. The fourth-order valence-electron chi connectivity index (χ4n) is 2.17. The molecule has 2 aromatic rings. The van der Waals surface area contributed by atoms with Gasteiger partial charge in [0.25, 0.3) is 5.91 Å². The number of ether oxygens (including phenoxy) is 1. The molecule has 0 radical (unpaired) electrons. The molecule has 0 saturated carbocycles. The lowest BCUT2D eigenvalue weighted by Crippen LogP contribution is -2.12. The smallest absolute Gasteiger partial charge is 0.255 e. The Kier molecular flexibility index (Phi) is 6.67. The van der Waals surface area contributed by atoms with E-state index in [0.717, 1.165) is 0 Å². The average molecular weight is 388 g/mol. The van der Waals surface area contributed by atoms with Crippen LogP contribution >= 0.6 is 11.6 Å². The van der Waals surface area contributed by atoms with Crippen LogP contribution in [0.1, 0.15) is 24.2 Å². The van der Waals surface area contributed by atoms with Gasteiger partial charge in [-0.05, 0) is 25.1 Å². The van der Waals surface area contributed by atoms with Crippen LogP contribution in [0.15, 0.2) is 64.1 Å². The fraction of sp³-hybridized carbons (Fsp3) is 0.158. The van der Waals surface area contributed by atoms with E-state index in [4.69, 9.17) is 16.3 Å². The zero-order valence-corrected chi connectivity index (χ0v) is 15.7. The molecule has 2 rings (SSSR count). The number of carbonyl (C=O) groups excluding carboxylic acids is 2. The SMILES string of the molecule is COc1cc(NC(=O)c2ccccc2)c(Cl)cc1N=N/C(C(C)=O)=C(/C)O. The summed E-state index contributed by atoms with van der Waals surface area (Å²) in [7, 11) is 1.42. The molecule has 0 aliphatic rings. The van der Waals surface area contributed by atoms with Gasteiger partial charge in [0.05, 0.1) is 17.8 Å². The Morgan fingerprint density at radius 3 is 2.37 bits per heavy atom. The molecule has 0 aliphatic carbocycles. The summed E-state index contributed by atoms with van der Waals surface area (Å²) in [5.74, 6) is -0.727. The Balaban J connectivity index is 2.33. The van der Waals surface area contributed by atoms with Crippen molar-refractivity contribution in [1.82, 2.24) is 0 Å². The Hall–Kier alpha value is -3.19. The number of nitrogens with zero attached hydrogens (tertiary/aromatic N) is 2. The third-order valence-electron chi connectivity index (χ3n) is 3.49. The van der Waals surface area contributed by atoms with E-state index in [-0.39, 0.29) is 33.8 Å². The molecule has 2 N–H and O–H groups in total. The first-order chi connectivity index (χ1) is 12.8. The summed E-state index contributed by atoms with van der Waals surface area (Å²) in [6.07, 6.45) is 0. The van der Waals surface area contributed by atoms with Crippen LogP contribution in [0.3, 0.4) is 0 Å². The minimum Gasteiger partial charge on any atom is -0.510 e. The van der Waals surface area contributed by atoms with Crippen molar-refractivity contribution >= 4 is 34.7 Å². The zero-order chi connectivity index (χ0) is 20.0. The maximum Gasteiger partial charge on any atom is 0.255 e. The number of amides is 1. The van der Waals surface area contributed by atoms with Gasteiger partial charge < -0.3 is 15.2 Å². The maximum atomic E-state index is 12.3. The quantitative estimate of drug-likeness (QED) is 0.410. The summed E-state index contributed by atoms with van der Waals surface area (Å²) in [6.45, 7) is 2.60. The highest BCUT2D eigenvalue weighted by atomic mass is 35.5. The van der Waals surface area contributed by atoms with Gasteiger partial charge in [-0.1, -0.05) is 29.8 Å². The van der Waals surface area contributed by atoms with E-state index in [2.05, 4.69) is 15.5 Å². The number of aliphatic hydroxyl groups is 1. The molecule has 0 unspecified atom stereocenters. The van der Waals surface area contributed by atoms with Gasteiger partial charge >= 0.3 is 0 Å². The lowest BCUT2D eigenvalue weighted by molar-refractivity contribution is -0.113. The highest BCUT2D eigenvalue weighted by Crippen LogP contribution is 2.37. The van der Waals surface area contributed by atoms with Gasteiger partial charge in [-0.25, -0.2) is 0 Å². The van der Waals surface area contributed by atoms with E-state index in [9.17, 15) is 14.7 Å². The topological polar surface area (TPSA) is 100 Å². The number of methoxy groups -OCH3 is 1. The first-order valence-electron chi connectivity index (χ1n) is 7.90. The van der Waals surface area contributed by atoms with Crippen LogP contribution in [-0.2, 0) is 4.79 Å². The van der Waals surface area contributed by atoms with Gasteiger partial charge in [0, 0.05) is 18.6 Å². The summed E-state index contributed by atoms with van der Waals surface area (Å²) in [5, 5.41) is 20.1. The van der Waals surface area contributed by atoms with E-state index in [0.29, 0.717) is 11.3 Å². The van der Waals surface area contributed by atoms with Gasteiger partial charge in [0.2, 0.25) is 0 Å². The summed E-state index contributed by atoms with van der Waals surface area (Å²) < 4.78 is 5.25. The number of azo groups is 1. The van der Waals surface area contributed by atoms with Crippen molar-refractivity contribution in [2.75, 3.05) is 12.4 Å². The Morgan fingerprint density at radius 2 is 1.81 bits per heavy atom. The van der Waals surface area contributed by atoms with Crippen LogP contribution in [-0.4, -0.2) is 23.9 Å². The predicted molar refractivity (Wildman–Crippen MR) is 103 cm³/mol. The number of benzene rings is 2. The Bertz CT molecular complexity index is 920. The normalized spacial score (nSPS) is 11.9. The summed E-state index contributed by atoms with van der Waals surface area (Å²) >= 11 is 6.23. The van der Waals surface area contributed by atoms with Crippen LogP contribution in [0.25, 0.3) is 0 Å². The number of rotatable bonds is 6. The second-order valence-electron chi connectivity index (χ2n) is 5.51. The molecular formula is C19H18ClN3O4. The maximum absolute atomic E-state index is 12.3. The van der Waals surface area contributed by atoms with E-state index in [1.54, 1.807) is 24.3 Å². The molecule has 0 bridgehead atoms. The van der Waals surface area contributed by atoms with Crippen LogP contribution in [0.2, 0.25) is 5.02 Å². The molecule has 0 fully saturated rings. The van der Waals surface area contributed by atoms with Gasteiger partial charge in [-0.2, -0.15) is 0 Å². The molecule has 0 aromatic heterocycles. The van der Waals surface area contributed by atoms with Crippen LogP contribution in [0, 0.1) is 0 Å². The van der Waals surface area contributed by atoms with Crippen LogP contribution in [0.4, 0.5) is 11.4 Å². The summed E-state index contributed by atoms with van der Waals surface area (Å²) in [5.41, 5.74) is 0.878. The molecule has 0 atom stereocenters. The number of hydrogen-bond acceptors (Lipinski definition) is 6. The van der Waals surface area contributed by atoms with E-state index >= 15 is 0 Å². The lowest BCUT2D eigenvalue weighted by atomic mass is 10.2. The van der Waals surface area contributed by atoms with Crippen molar-refractivity contribution in [3.8, 4) is 5.75 Å². The third kappa shape index (κ3) is 5.15. The molecule has 0 aliphatic heterocycles. The van der Waals surface area contributed by atoms with Crippen LogP contribution < -0.4 is 10.1 Å². The lowest BCUT2D eigenvalue weighted by Gasteiger charge is -2.11. The molecule has 0 heterocycles. The van der Waals surface area contributed by atoms with E-state index < -0.39 is 5.78 Å². The number of allylic oxidation sites excluding steroid dienone is 2. The highest BCUT2D eigenvalue weighted by Gasteiger charge is 2.14. The molecule has 2 aromatic carbocycles. The third-order valence-corrected chi connectivity index (χ3v) is 3.80. The first kappa shape index (κ1) is 20.1. The number of nitrogens with one attached hydrogen (secondary N) is 1. The number of aliphatic hydroxyl groups excluding tert-OH is 1. The van der Waals surface area contributed by atoms with E-state index in [1.807, 2.05) is 6.07 Å². The second kappa shape index (κ2) is 8.95. The molecule has 7 nitrogen and oxygen atoms in total. The van der Waals surface area contributed by atoms with Gasteiger partial charge in [-0.3, -0.25) is 9.59 Å². The predicted octanol–water partition coefficient (Wildman–Crippen LogP) is 5.06. The van der Waals surface area contributed by atoms with Gasteiger partial charge in [0.1, 0.15) is 17.2 Å². The minimum absolute atomic E-state index is 0.172. The Labute approximate surface area is 161 Å². The summed E-state index contributed by atoms with van der Waals surface area (Å²) in [6, 6.07) is 11.6. The number of halogens is 1. The molecule has 0 saturated heterocycles. The monoisotopic (exact) mass is 387 g/mol. The molecular weight excluding hydrogens is 370 g/mol. The van der Waals surface area contributed by atoms with Crippen molar-refractivity contribution in [2.45, 2.75) is 13.8 Å². The van der Waals surface area contributed by atoms with Crippen molar-refractivity contribution in [1.29, 1.82) is 0 Å². The molecule has 1 amide bonds. The van der Waals surface area contributed by atoms with Gasteiger partial charge in [-0.15, -0.1) is 10.2 Å². The molecule has 8 heteroatoms. The fourth-order valence-corrected chi connectivity index (χ4v) is 2.37. The average Bonchev–Trinajstić information content (AvgIpc) is 2.63. The molecule has 140 valence electrons. The summed E-state index contributed by atoms with van der Waals surface area (Å²) in [4.78, 5) is 23.8. The molecule has 0 spiro atoms.